The van der Waals surface area contributed by atoms with Crippen LogP contribution in [-0.2, 0) is 9.59 Å². The number of carbonyl (C=O) groups is 2. The van der Waals surface area contributed by atoms with Crippen molar-refractivity contribution < 1.29 is 9.59 Å². The summed E-state index contributed by atoms with van der Waals surface area (Å²) in [5.41, 5.74) is 0.929. The second-order valence-corrected chi connectivity index (χ2v) is 6.78. The molecule has 1 fully saturated rings. The Bertz CT molecular complexity index is 522. The Balaban J connectivity index is 1.77. The van der Waals surface area contributed by atoms with Crippen molar-refractivity contribution in [2.75, 3.05) is 18.5 Å². The van der Waals surface area contributed by atoms with E-state index in [4.69, 9.17) is 0 Å². The van der Waals surface area contributed by atoms with E-state index in [-0.39, 0.29) is 23.7 Å². The topological polar surface area (TPSA) is 49.4 Å². The predicted molar refractivity (Wildman–Crippen MR) is 97.8 cm³/mol. The van der Waals surface area contributed by atoms with Crippen molar-refractivity contribution in [3.8, 4) is 0 Å². The molecule has 0 atom stereocenters. The summed E-state index contributed by atoms with van der Waals surface area (Å²) in [4.78, 5) is 26.6. The zero-order chi connectivity index (χ0) is 17.4. The molecule has 2 amide bonds. The number of rotatable bonds is 7. The zero-order valence-electron chi connectivity index (χ0n) is 15.0. The van der Waals surface area contributed by atoms with Crippen molar-refractivity contribution in [1.82, 2.24) is 5.32 Å². The third kappa shape index (κ3) is 5.08. The van der Waals surface area contributed by atoms with E-state index in [0.29, 0.717) is 0 Å². The zero-order valence-corrected chi connectivity index (χ0v) is 15.0. The number of carbonyl (C=O) groups excluding carboxylic acids is 2. The van der Waals surface area contributed by atoms with Gasteiger partial charge in [-0.25, -0.2) is 0 Å². The van der Waals surface area contributed by atoms with Crippen LogP contribution in [-0.4, -0.2) is 25.4 Å². The van der Waals surface area contributed by atoms with Gasteiger partial charge in [-0.15, -0.1) is 0 Å². The molecule has 1 aromatic carbocycles. The largest absolute Gasteiger partial charge is 0.356 e. The van der Waals surface area contributed by atoms with E-state index in [9.17, 15) is 9.59 Å². The number of amides is 2. The Hall–Kier alpha value is -1.84. The Kier molecular flexibility index (Phi) is 7.29. The van der Waals surface area contributed by atoms with Gasteiger partial charge in [0.25, 0.3) is 0 Å². The van der Waals surface area contributed by atoms with Gasteiger partial charge < -0.3 is 10.2 Å². The number of anilines is 1. The Morgan fingerprint density at radius 3 is 2.29 bits per heavy atom. The molecular formula is C20H30N2O2. The summed E-state index contributed by atoms with van der Waals surface area (Å²) in [5, 5.41) is 3.05. The van der Waals surface area contributed by atoms with Crippen molar-refractivity contribution in [1.29, 1.82) is 0 Å². The van der Waals surface area contributed by atoms with Crippen LogP contribution in [0, 0.1) is 11.8 Å². The van der Waals surface area contributed by atoms with Gasteiger partial charge in [-0.1, -0.05) is 38.0 Å². The van der Waals surface area contributed by atoms with Crippen molar-refractivity contribution in [3.05, 3.63) is 30.3 Å². The maximum atomic E-state index is 12.6. The highest BCUT2D eigenvalue weighted by Gasteiger charge is 2.31. The molecule has 1 N–H and O–H groups in total. The fourth-order valence-corrected chi connectivity index (χ4v) is 3.39. The van der Waals surface area contributed by atoms with Crippen LogP contribution in [0.1, 0.15) is 51.9 Å². The average molecular weight is 330 g/mol. The Labute approximate surface area is 145 Å². The monoisotopic (exact) mass is 330 g/mol. The standard InChI is InChI=1S/C20H30N2O2/c1-3-4-8-15-21-19(23)16-11-13-17(14-12-16)20(24)22(2)18-9-6-5-7-10-18/h5-7,9-10,16-17H,3-4,8,11-15H2,1-2H3,(H,21,23). The predicted octanol–water partition coefficient (Wildman–Crippen LogP) is 3.76. The minimum absolute atomic E-state index is 0.0411. The fourth-order valence-electron chi connectivity index (χ4n) is 3.39. The van der Waals surface area contributed by atoms with E-state index in [2.05, 4.69) is 12.2 Å². The van der Waals surface area contributed by atoms with Crippen LogP contribution < -0.4 is 10.2 Å². The molecule has 0 spiro atoms. The van der Waals surface area contributed by atoms with Crippen LogP contribution in [0.3, 0.4) is 0 Å². The first-order valence-electron chi connectivity index (χ1n) is 9.23. The van der Waals surface area contributed by atoms with Crippen molar-refractivity contribution in [2.45, 2.75) is 51.9 Å². The summed E-state index contributed by atoms with van der Waals surface area (Å²) >= 11 is 0. The molecule has 4 nitrogen and oxygen atoms in total. The highest BCUT2D eigenvalue weighted by atomic mass is 16.2. The summed E-state index contributed by atoms with van der Waals surface area (Å²) < 4.78 is 0. The Morgan fingerprint density at radius 1 is 1.04 bits per heavy atom. The number of nitrogens with one attached hydrogen (secondary N) is 1. The third-order valence-corrected chi connectivity index (χ3v) is 5.00. The molecule has 4 heteroatoms. The van der Waals surface area contributed by atoms with Crippen LogP contribution in [0.4, 0.5) is 5.69 Å². The summed E-state index contributed by atoms with van der Waals surface area (Å²) in [7, 11) is 1.84. The molecule has 0 radical (unpaired) electrons. The SMILES string of the molecule is CCCCCNC(=O)C1CCC(C(=O)N(C)c2ccccc2)CC1. The maximum Gasteiger partial charge on any atom is 0.229 e. The third-order valence-electron chi connectivity index (χ3n) is 5.00. The highest BCUT2D eigenvalue weighted by Crippen LogP contribution is 2.31. The highest BCUT2D eigenvalue weighted by molar-refractivity contribution is 5.94. The van der Waals surface area contributed by atoms with Gasteiger partial charge in [0.05, 0.1) is 0 Å². The molecule has 0 bridgehead atoms. The van der Waals surface area contributed by atoms with Crippen LogP contribution >= 0.6 is 0 Å². The lowest BCUT2D eigenvalue weighted by Crippen LogP contribution is -2.38. The van der Waals surface area contributed by atoms with E-state index in [1.165, 1.54) is 0 Å². The summed E-state index contributed by atoms with van der Waals surface area (Å²) in [5.74, 6) is 0.466. The molecule has 1 aliphatic carbocycles. The number of nitrogens with zero attached hydrogens (tertiary/aromatic N) is 1. The first kappa shape index (κ1) is 18.5. The molecule has 0 aliphatic heterocycles. The number of hydrogen-bond donors (Lipinski definition) is 1. The molecule has 1 saturated carbocycles. The number of hydrogen-bond acceptors (Lipinski definition) is 2. The lowest BCUT2D eigenvalue weighted by molar-refractivity contribution is -0.129. The van der Waals surface area contributed by atoms with Crippen molar-refractivity contribution in [3.63, 3.8) is 0 Å². The molecule has 1 aliphatic rings. The minimum atomic E-state index is 0.0411. The van der Waals surface area contributed by atoms with Crippen LogP contribution in [0.2, 0.25) is 0 Å². The molecule has 24 heavy (non-hydrogen) atoms. The van der Waals surface area contributed by atoms with Crippen LogP contribution in [0.5, 0.6) is 0 Å². The smallest absolute Gasteiger partial charge is 0.229 e. The first-order valence-corrected chi connectivity index (χ1v) is 9.23. The fraction of sp³-hybridized carbons (Fsp3) is 0.600. The van der Waals surface area contributed by atoms with Crippen LogP contribution in [0.25, 0.3) is 0 Å². The quantitative estimate of drug-likeness (QED) is 0.774. The van der Waals surface area contributed by atoms with E-state index in [1.54, 1.807) is 4.90 Å². The molecule has 0 heterocycles. The second kappa shape index (κ2) is 9.45. The minimum Gasteiger partial charge on any atom is -0.356 e. The lowest BCUT2D eigenvalue weighted by atomic mass is 9.81. The van der Waals surface area contributed by atoms with Gasteiger partial charge in [0.2, 0.25) is 11.8 Å². The molecule has 0 unspecified atom stereocenters. The molecule has 1 aromatic rings. The van der Waals surface area contributed by atoms with Crippen molar-refractivity contribution in [2.24, 2.45) is 11.8 Å². The Morgan fingerprint density at radius 2 is 1.67 bits per heavy atom. The van der Waals surface area contributed by atoms with Gasteiger partial charge in [-0.3, -0.25) is 9.59 Å². The van der Waals surface area contributed by atoms with Crippen LogP contribution in [0.15, 0.2) is 30.3 Å². The molecule has 0 saturated heterocycles. The van der Waals surface area contributed by atoms with Gasteiger partial charge >= 0.3 is 0 Å². The summed E-state index contributed by atoms with van der Waals surface area (Å²) in [6.45, 7) is 2.94. The number of unbranched alkanes of at least 4 members (excludes halogenated alkanes) is 2. The second-order valence-electron chi connectivity index (χ2n) is 6.78. The summed E-state index contributed by atoms with van der Waals surface area (Å²) in [6.07, 6.45) is 6.63. The molecule has 0 aromatic heterocycles. The number of benzene rings is 1. The molecule has 132 valence electrons. The van der Waals surface area contributed by atoms with Gasteiger partial charge in [-0.2, -0.15) is 0 Å². The van der Waals surface area contributed by atoms with Crippen molar-refractivity contribution >= 4 is 17.5 Å². The summed E-state index contributed by atoms with van der Waals surface area (Å²) in [6, 6.07) is 9.74. The van der Waals surface area contributed by atoms with E-state index < -0.39 is 0 Å². The van der Waals surface area contributed by atoms with Gasteiger partial charge in [0.1, 0.15) is 0 Å². The molecular weight excluding hydrogens is 300 g/mol. The molecule has 2 rings (SSSR count). The lowest BCUT2D eigenvalue weighted by Gasteiger charge is -2.30. The first-order chi connectivity index (χ1) is 11.6. The van der Waals surface area contributed by atoms with E-state index >= 15 is 0 Å². The number of para-hydroxylation sites is 1. The normalized spacial score (nSPS) is 20.4. The average Bonchev–Trinajstić information content (AvgIpc) is 2.64. The van der Waals surface area contributed by atoms with E-state index in [0.717, 1.165) is 57.2 Å². The van der Waals surface area contributed by atoms with Gasteiger partial charge in [0.15, 0.2) is 0 Å². The van der Waals surface area contributed by atoms with E-state index in [1.807, 2.05) is 37.4 Å². The van der Waals surface area contributed by atoms with Gasteiger partial charge in [0, 0.05) is 31.1 Å². The maximum absolute atomic E-state index is 12.6. The van der Waals surface area contributed by atoms with Gasteiger partial charge in [-0.05, 0) is 44.2 Å².